The lowest BCUT2D eigenvalue weighted by Gasteiger charge is -2.32. The number of hydrogen-bond acceptors (Lipinski definition) is 8. The molecule has 0 radical (unpaired) electrons. The normalized spacial score (nSPS) is 24.1. The van der Waals surface area contributed by atoms with Crippen LogP contribution in [0.3, 0.4) is 0 Å². The second-order valence-electron chi connectivity index (χ2n) is 8.08. The Bertz CT molecular complexity index is 534. The van der Waals surface area contributed by atoms with Gasteiger partial charge in [-0.2, -0.15) is 0 Å². The molecule has 2 aliphatic rings. The molecule has 0 aromatic heterocycles. The molecular weight excluding hydrogens is 376 g/mol. The molecule has 2 aliphatic carbocycles. The van der Waals surface area contributed by atoms with Gasteiger partial charge in [0.1, 0.15) is 0 Å². The highest BCUT2D eigenvalue weighted by molar-refractivity contribution is 4.81. The van der Waals surface area contributed by atoms with E-state index in [0.29, 0.717) is 51.4 Å². The molecule has 0 atom stereocenters. The van der Waals surface area contributed by atoms with Crippen molar-refractivity contribution in [1.82, 2.24) is 0 Å². The molecule has 0 unspecified atom stereocenters. The Morgan fingerprint density at radius 2 is 0.714 bits per heavy atom. The fraction of sp³-hybridized carbons (Fsp3) is 1.00. The predicted octanol–water partition coefficient (Wildman–Crippen LogP) is 3.43. The Morgan fingerprint density at radius 3 is 0.893 bits per heavy atom. The molecule has 0 bridgehead atoms. The quantitative estimate of drug-likeness (QED) is 0.382. The molecule has 0 heterocycles. The monoisotopic (exact) mass is 402 g/mol. The Morgan fingerprint density at radius 1 is 0.500 bits per heavy atom. The van der Waals surface area contributed by atoms with Crippen LogP contribution in [-0.2, 0) is 0 Å². The van der Waals surface area contributed by atoms with Gasteiger partial charge in [-0.3, -0.25) is 40.5 Å². The summed E-state index contributed by atoms with van der Waals surface area (Å²) in [5.41, 5.74) is -4.19. The van der Waals surface area contributed by atoms with E-state index in [-0.39, 0.29) is 37.5 Å². The topological polar surface area (TPSA) is 173 Å². The first-order valence-electron chi connectivity index (χ1n) is 9.74. The van der Waals surface area contributed by atoms with Crippen molar-refractivity contribution in [2.75, 3.05) is 0 Å². The fourth-order valence-electron chi connectivity index (χ4n) is 4.93. The van der Waals surface area contributed by atoms with Gasteiger partial charge in [0.25, 0.3) is 0 Å². The molecule has 2 fully saturated rings. The molecule has 0 aromatic rings. The molecule has 0 aliphatic heterocycles. The van der Waals surface area contributed by atoms with E-state index in [2.05, 4.69) is 0 Å². The largest absolute Gasteiger partial charge is 0.458 e. The van der Waals surface area contributed by atoms with Crippen LogP contribution in [0.15, 0.2) is 0 Å². The summed E-state index contributed by atoms with van der Waals surface area (Å²) in [6.45, 7) is 0. The van der Waals surface area contributed by atoms with Gasteiger partial charge in [-0.25, -0.2) is 0 Å². The number of rotatable bonds is 5. The van der Waals surface area contributed by atoms with Gasteiger partial charge in [0, 0.05) is 0 Å². The zero-order valence-electron chi connectivity index (χ0n) is 15.7. The van der Waals surface area contributed by atoms with Gasteiger partial charge in [-0.1, -0.05) is 0 Å². The summed E-state index contributed by atoms with van der Waals surface area (Å²) >= 11 is 0. The summed E-state index contributed by atoms with van der Waals surface area (Å²) in [6, 6.07) is 0. The lowest BCUT2D eigenvalue weighted by atomic mass is 9.74. The molecule has 0 N–H and O–H groups in total. The maximum atomic E-state index is 11.3. The van der Waals surface area contributed by atoms with Crippen LogP contribution in [0.5, 0.6) is 0 Å². The molecule has 28 heavy (non-hydrogen) atoms. The zero-order valence-corrected chi connectivity index (χ0v) is 15.7. The number of hydrogen-bond donors (Lipinski definition) is 0. The minimum absolute atomic E-state index is 0.0953. The number of nitrogens with zero attached hydrogens (tertiary/aromatic N) is 4. The SMILES string of the molecule is O=[N+]([O-])C1([N+](=O)[O-])CCCC(C2CCCC([N+](=O)[O-])([N+](=O)[O-])CCC2)CCC1. The Labute approximate surface area is 161 Å². The van der Waals surface area contributed by atoms with Crippen molar-refractivity contribution in [2.24, 2.45) is 11.8 Å². The first kappa shape index (κ1) is 21.9. The van der Waals surface area contributed by atoms with E-state index < -0.39 is 31.0 Å². The van der Waals surface area contributed by atoms with E-state index in [9.17, 15) is 40.5 Å². The van der Waals surface area contributed by atoms with Crippen molar-refractivity contribution in [3.63, 3.8) is 0 Å². The second kappa shape index (κ2) is 8.74. The van der Waals surface area contributed by atoms with Crippen molar-refractivity contribution in [1.29, 1.82) is 0 Å². The zero-order chi connectivity index (χ0) is 20.9. The van der Waals surface area contributed by atoms with E-state index in [1.54, 1.807) is 0 Å². The van der Waals surface area contributed by atoms with Gasteiger partial charge >= 0.3 is 11.3 Å². The standard InChI is InChI=1S/C16H26N4O8/c21-17(22)15(18(23)24)9-1-5-13(6-2-10-15)14-7-3-11-16(19(25)26,20(27)28)12-4-8-14/h13-14H,1-12H2. The fourth-order valence-corrected chi connectivity index (χ4v) is 4.93. The van der Waals surface area contributed by atoms with E-state index in [0.717, 1.165) is 0 Å². The van der Waals surface area contributed by atoms with Crippen LogP contribution in [0.1, 0.15) is 77.0 Å². The summed E-state index contributed by atoms with van der Waals surface area (Å²) in [5, 5.41) is 45.1. The van der Waals surface area contributed by atoms with E-state index in [1.807, 2.05) is 0 Å². The Balaban J connectivity index is 1.99. The molecular formula is C16H26N4O8. The van der Waals surface area contributed by atoms with Crippen LogP contribution in [0.4, 0.5) is 0 Å². The summed E-state index contributed by atoms with van der Waals surface area (Å²) in [7, 11) is 0. The molecule has 12 nitrogen and oxygen atoms in total. The Kier molecular flexibility index (Phi) is 6.83. The van der Waals surface area contributed by atoms with Gasteiger partial charge in [-0.05, 0) is 63.2 Å². The molecule has 0 aromatic carbocycles. The van der Waals surface area contributed by atoms with Gasteiger partial charge < -0.3 is 0 Å². The third kappa shape index (κ3) is 4.20. The lowest BCUT2D eigenvalue weighted by Crippen LogP contribution is -2.47. The molecule has 0 spiro atoms. The molecule has 2 rings (SSSR count). The molecule has 12 heteroatoms. The third-order valence-electron chi connectivity index (χ3n) is 6.63. The van der Waals surface area contributed by atoms with Crippen molar-refractivity contribution >= 4 is 0 Å². The second-order valence-corrected chi connectivity index (χ2v) is 8.08. The maximum Gasteiger partial charge on any atom is 0.458 e. The van der Waals surface area contributed by atoms with Crippen molar-refractivity contribution in [3.05, 3.63) is 40.5 Å². The van der Waals surface area contributed by atoms with Crippen molar-refractivity contribution in [2.45, 2.75) is 88.4 Å². The lowest BCUT2D eigenvalue weighted by molar-refractivity contribution is -0.799. The van der Waals surface area contributed by atoms with Gasteiger partial charge in [0.15, 0.2) is 0 Å². The minimum atomic E-state index is -2.09. The third-order valence-corrected chi connectivity index (χ3v) is 6.63. The Hall–Kier alpha value is -2.40. The van der Waals surface area contributed by atoms with Crippen LogP contribution in [-0.4, -0.2) is 31.0 Å². The van der Waals surface area contributed by atoms with Gasteiger partial charge in [-0.15, -0.1) is 0 Å². The highest BCUT2D eigenvalue weighted by atomic mass is 16.7. The smallest absolute Gasteiger partial charge is 0.258 e. The van der Waals surface area contributed by atoms with Crippen LogP contribution in [0.2, 0.25) is 0 Å². The highest BCUT2D eigenvalue weighted by Crippen LogP contribution is 2.40. The predicted molar refractivity (Wildman–Crippen MR) is 95.8 cm³/mol. The first-order chi connectivity index (χ1) is 13.2. The van der Waals surface area contributed by atoms with Gasteiger partial charge in [0.05, 0.1) is 45.4 Å². The van der Waals surface area contributed by atoms with Crippen LogP contribution >= 0.6 is 0 Å². The molecule has 158 valence electrons. The summed E-state index contributed by atoms with van der Waals surface area (Å²) < 4.78 is 0. The maximum absolute atomic E-state index is 11.3. The van der Waals surface area contributed by atoms with Crippen LogP contribution in [0.25, 0.3) is 0 Å². The minimum Gasteiger partial charge on any atom is -0.258 e. The summed E-state index contributed by atoms with van der Waals surface area (Å²) in [5.74, 6) is 0.491. The number of nitro groups is 4. The first-order valence-corrected chi connectivity index (χ1v) is 9.74. The average molecular weight is 402 g/mol. The summed E-state index contributed by atoms with van der Waals surface area (Å²) in [6.07, 6.45) is 3.73. The van der Waals surface area contributed by atoms with Crippen molar-refractivity contribution in [3.8, 4) is 0 Å². The van der Waals surface area contributed by atoms with E-state index >= 15 is 0 Å². The van der Waals surface area contributed by atoms with Crippen LogP contribution in [0, 0.1) is 52.3 Å². The summed E-state index contributed by atoms with van der Waals surface area (Å²) in [4.78, 5) is 42.0. The van der Waals surface area contributed by atoms with E-state index in [1.165, 1.54) is 0 Å². The highest BCUT2D eigenvalue weighted by Gasteiger charge is 2.56. The van der Waals surface area contributed by atoms with Gasteiger partial charge in [0.2, 0.25) is 0 Å². The molecule has 0 amide bonds. The van der Waals surface area contributed by atoms with Crippen molar-refractivity contribution < 1.29 is 19.7 Å². The molecule has 0 saturated heterocycles. The van der Waals surface area contributed by atoms with E-state index in [4.69, 9.17) is 0 Å². The van der Waals surface area contributed by atoms with Crippen LogP contribution < -0.4 is 0 Å². The average Bonchev–Trinajstić information content (AvgIpc) is 2.54. The molecule has 2 saturated carbocycles.